The molecule has 0 spiro atoms. The van der Waals surface area contributed by atoms with Gasteiger partial charge < -0.3 is 5.73 Å². The van der Waals surface area contributed by atoms with E-state index >= 15 is 0 Å². The number of hydrogen-bond donors (Lipinski definition) is 1. The van der Waals surface area contributed by atoms with Crippen molar-refractivity contribution in [3.8, 4) is 0 Å². The minimum atomic E-state index is 0.511. The topological polar surface area (TPSA) is 43.8 Å². The lowest BCUT2D eigenvalue weighted by molar-refractivity contribution is 0.539. The number of aryl methyl sites for hydroxylation is 2. The van der Waals surface area contributed by atoms with Crippen LogP contribution in [-0.4, -0.2) is 16.3 Å². The molecular formula is C10H17N3. The summed E-state index contributed by atoms with van der Waals surface area (Å²) in [5.41, 5.74) is 8.40. The van der Waals surface area contributed by atoms with Crippen LogP contribution in [-0.2, 0) is 13.0 Å². The van der Waals surface area contributed by atoms with E-state index < -0.39 is 0 Å². The Hall–Kier alpha value is -0.830. The maximum atomic E-state index is 5.72. The van der Waals surface area contributed by atoms with Crippen LogP contribution in [0.5, 0.6) is 0 Å². The SMILES string of the molecule is CCn1cc2c(n1)C(CN)CCC2. The van der Waals surface area contributed by atoms with Gasteiger partial charge in [0.15, 0.2) is 0 Å². The standard InChI is InChI=1S/C10H17N3/c1-2-13-7-9-5-3-4-8(6-11)10(9)12-13/h7-8H,2-6,11H2,1H3. The fraction of sp³-hybridized carbons (Fsp3) is 0.700. The van der Waals surface area contributed by atoms with E-state index in [1.807, 2.05) is 4.68 Å². The Kier molecular flexibility index (Phi) is 2.36. The highest BCUT2D eigenvalue weighted by Crippen LogP contribution is 2.29. The van der Waals surface area contributed by atoms with E-state index in [4.69, 9.17) is 5.73 Å². The third kappa shape index (κ3) is 1.48. The lowest BCUT2D eigenvalue weighted by Gasteiger charge is -2.18. The summed E-state index contributed by atoms with van der Waals surface area (Å²) >= 11 is 0. The lowest BCUT2D eigenvalue weighted by Crippen LogP contribution is -2.18. The van der Waals surface area contributed by atoms with Gasteiger partial charge in [0, 0.05) is 25.2 Å². The number of hydrogen-bond acceptors (Lipinski definition) is 2. The summed E-state index contributed by atoms with van der Waals surface area (Å²) in [5.74, 6) is 0.511. The second kappa shape index (κ2) is 3.50. The summed E-state index contributed by atoms with van der Waals surface area (Å²) in [6, 6.07) is 0. The van der Waals surface area contributed by atoms with Crippen LogP contribution in [0.3, 0.4) is 0 Å². The first-order valence-corrected chi connectivity index (χ1v) is 5.11. The van der Waals surface area contributed by atoms with E-state index in [1.165, 1.54) is 30.5 Å². The number of nitrogens with two attached hydrogens (primary N) is 1. The maximum absolute atomic E-state index is 5.72. The molecule has 0 saturated heterocycles. The van der Waals surface area contributed by atoms with Crippen molar-refractivity contribution in [1.82, 2.24) is 9.78 Å². The summed E-state index contributed by atoms with van der Waals surface area (Å²) in [4.78, 5) is 0. The molecule has 3 heteroatoms. The molecular weight excluding hydrogens is 162 g/mol. The second-order valence-corrected chi connectivity index (χ2v) is 3.72. The van der Waals surface area contributed by atoms with Crippen molar-refractivity contribution >= 4 is 0 Å². The third-order valence-corrected chi connectivity index (χ3v) is 2.86. The molecule has 2 rings (SSSR count). The number of rotatable bonds is 2. The zero-order valence-corrected chi connectivity index (χ0v) is 8.16. The summed E-state index contributed by atoms with van der Waals surface area (Å²) in [5, 5.41) is 4.56. The van der Waals surface area contributed by atoms with Gasteiger partial charge in [-0.2, -0.15) is 5.10 Å². The lowest BCUT2D eigenvalue weighted by atomic mass is 9.88. The van der Waals surface area contributed by atoms with Crippen LogP contribution < -0.4 is 5.73 Å². The van der Waals surface area contributed by atoms with Crippen LogP contribution >= 0.6 is 0 Å². The van der Waals surface area contributed by atoms with Gasteiger partial charge in [0.2, 0.25) is 0 Å². The highest BCUT2D eigenvalue weighted by molar-refractivity contribution is 5.24. The number of fused-ring (bicyclic) bond motifs is 1. The largest absolute Gasteiger partial charge is 0.330 e. The molecule has 0 radical (unpaired) electrons. The molecule has 1 aliphatic rings. The third-order valence-electron chi connectivity index (χ3n) is 2.86. The first-order valence-electron chi connectivity index (χ1n) is 5.11. The predicted molar refractivity (Wildman–Crippen MR) is 52.6 cm³/mol. The molecule has 3 nitrogen and oxygen atoms in total. The second-order valence-electron chi connectivity index (χ2n) is 3.72. The van der Waals surface area contributed by atoms with E-state index in [2.05, 4.69) is 18.2 Å². The van der Waals surface area contributed by atoms with Gasteiger partial charge in [0.25, 0.3) is 0 Å². The quantitative estimate of drug-likeness (QED) is 0.743. The molecule has 0 aromatic carbocycles. The van der Waals surface area contributed by atoms with Gasteiger partial charge >= 0.3 is 0 Å². The van der Waals surface area contributed by atoms with Crippen LogP contribution in [0.2, 0.25) is 0 Å². The average Bonchev–Trinajstić information content (AvgIpc) is 2.59. The molecule has 0 bridgehead atoms. The Morgan fingerprint density at radius 2 is 2.54 bits per heavy atom. The fourth-order valence-electron chi connectivity index (χ4n) is 2.08. The first-order chi connectivity index (χ1) is 6.35. The zero-order valence-electron chi connectivity index (χ0n) is 8.16. The van der Waals surface area contributed by atoms with Gasteiger partial charge in [-0.25, -0.2) is 0 Å². The normalized spacial score (nSPS) is 21.5. The van der Waals surface area contributed by atoms with Gasteiger partial charge in [0.05, 0.1) is 5.69 Å². The van der Waals surface area contributed by atoms with Crippen LogP contribution in [0.25, 0.3) is 0 Å². The van der Waals surface area contributed by atoms with Crippen molar-refractivity contribution in [3.05, 3.63) is 17.5 Å². The molecule has 1 atom stereocenters. The van der Waals surface area contributed by atoms with E-state index in [1.54, 1.807) is 0 Å². The van der Waals surface area contributed by atoms with Crippen LogP contribution in [0.15, 0.2) is 6.20 Å². The minimum Gasteiger partial charge on any atom is -0.330 e. The van der Waals surface area contributed by atoms with Gasteiger partial charge in [0.1, 0.15) is 0 Å². The van der Waals surface area contributed by atoms with Gasteiger partial charge in [-0.05, 0) is 31.7 Å². The number of nitrogens with zero attached hydrogens (tertiary/aromatic N) is 2. The van der Waals surface area contributed by atoms with E-state index in [-0.39, 0.29) is 0 Å². The maximum Gasteiger partial charge on any atom is 0.0699 e. The van der Waals surface area contributed by atoms with Crippen molar-refractivity contribution in [2.45, 2.75) is 38.6 Å². The average molecular weight is 179 g/mol. The Morgan fingerprint density at radius 3 is 3.23 bits per heavy atom. The van der Waals surface area contributed by atoms with Crippen molar-refractivity contribution in [2.24, 2.45) is 5.73 Å². The molecule has 1 aliphatic carbocycles. The fourth-order valence-corrected chi connectivity index (χ4v) is 2.08. The Bertz CT molecular complexity index is 290. The van der Waals surface area contributed by atoms with Crippen molar-refractivity contribution in [1.29, 1.82) is 0 Å². The smallest absolute Gasteiger partial charge is 0.0699 e. The van der Waals surface area contributed by atoms with Crippen LogP contribution in [0.4, 0.5) is 0 Å². The molecule has 72 valence electrons. The van der Waals surface area contributed by atoms with Crippen molar-refractivity contribution in [2.75, 3.05) is 6.54 Å². The number of aromatic nitrogens is 2. The Labute approximate surface area is 78.9 Å². The molecule has 1 heterocycles. The summed E-state index contributed by atoms with van der Waals surface area (Å²) in [6.07, 6.45) is 5.84. The van der Waals surface area contributed by atoms with E-state index in [9.17, 15) is 0 Å². The summed E-state index contributed by atoms with van der Waals surface area (Å²) < 4.78 is 2.03. The zero-order chi connectivity index (χ0) is 9.26. The highest BCUT2D eigenvalue weighted by atomic mass is 15.3. The molecule has 2 N–H and O–H groups in total. The Morgan fingerprint density at radius 1 is 1.69 bits per heavy atom. The van der Waals surface area contributed by atoms with Gasteiger partial charge in [-0.1, -0.05) is 0 Å². The predicted octanol–water partition coefficient (Wildman–Crippen LogP) is 1.28. The molecule has 0 saturated carbocycles. The molecule has 1 aromatic heterocycles. The molecule has 0 amide bonds. The van der Waals surface area contributed by atoms with Crippen molar-refractivity contribution < 1.29 is 0 Å². The van der Waals surface area contributed by atoms with Gasteiger partial charge in [-0.3, -0.25) is 4.68 Å². The van der Waals surface area contributed by atoms with Crippen LogP contribution in [0.1, 0.15) is 36.9 Å². The minimum absolute atomic E-state index is 0.511. The highest BCUT2D eigenvalue weighted by Gasteiger charge is 2.22. The molecule has 13 heavy (non-hydrogen) atoms. The van der Waals surface area contributed by atoms with E-state index in [0.29, 0.717) is 5.92 Å². The Balaban J connectivity index is 2.32. The summed E-state index contributed by atoms with van der Waals surface area (Å²) in [6.45, 7) is 3.83. The first kappa shape index (κ1) is 8.75. The summed E-state index contributed by atoms with van der Waals surface area (Å²) in [7, 11) is 0. The molecule has 0 aliphatic heterocycles. The monoisotopic (exact) mass is 179 g/mol. The van der Waals surface area contributed by atoms with Crippen molar-refractivity contribution in [3.63, 3.8) is 0 Å². The molecule has 1 unspecified atom stereocenters. The molecule has 1 aromatic rings. The van der Waals surface area contributed by atoms with E-state index in [0.717, 1.165) is 13.1 Å². The van der Waals surface area contributed by atoms with Gasteiger partial charge in [-0.15, -0.1) is 0 Å². The van der Waals surface area contributed by atoms with Crippen LogP contribution in [0, 0.1) is 0 Å². The molecule has 0 fully saturated rings.